The van der Waals surface area contributed by atoms with Gasteiger partial charge in [-0.2, -0.15) is 0 Å². The van der Waals surface area contributed by atoms with Crippen molar-refractivity contribution in [1.29, 1.82) is 0 Å². The second-order valence-electron chi connectivity index (χ2n) is 24.3. The number of hydrogen-bond acceptors (Lipinski definition) is 21. The molecule has 0 aromatic carbocycles. The van der Waals surface area contributed by atoms with Crippen molar-refractivity contribution in [2.45, 2.75) is 229 Å². The van der Waals surface area contributed by atoms with Gasteiger partial charge in [-0.05, 0) is 100 Å². The Morgan fingerprint density at radius 3 is 2.08 bits per heavy atom. The Kier molecular flexibility index (Phi) is 16.0. The Hall–Kier alpha value is -2.10. The van der Waals surface area contributed by atoms with Gasteiger partial charge < -0.3 is 93.3 Å². The summed E-state index contributed by atoms with van der Waals surface area (Å²) >= 11 is 0. The number of aliphatic hydroxyl groups excluding tert-OH is 9. The molecule has 74 heavy (non-hydrogen) atoms. The summed E-state index contributed by atoms with van der Waals surface area (Å²) in [4.78, 5) is 28.6. The van der Waals surface area contributed by atoms with Crippen LogP contribution in [0.25, 0.3) is 0 Å². The lowest BCUT2D eigenvalue weighted by atomic mass is 9.41. The van der Waals surface area contributed by atoms with Gasteiger partial charge in [-0.15, -0.1) is 6.58 Å². The van der Waals surface area contributed by atoms with E-state index in [0.29, 0.717) is 25.7 Å². The van der Waals surface area contributed by atoms with Crippen LogP contribution in [-0.4, -0.2) is 207 Å². The Morgan fingerprint density at radius 2 is 1.39 bits per heavy atom. The first-order valence-corrected chi connectivity index (χ1v) is 26.6. The van der Waals surface area contributed by atoms with Crippen LogP contribution in [0.4, 0.5) is 0 Å². The number of carbonyl (C=O) groups excluding carboxylic acids is 2. The molecule has 5 saturated heterocycles. The minimum atomic E-state index is -1.83. The number of Topliss-reactive ketones (excluding diaryl/α,β-unsaturated/α-hetero) is 1. The smallest absolute Gasteiger partial charge is 0.314 e. The van der Waals surface area contributed by atoms with E-state index in [4.69, 9.17) is 47.4 Å². The molecule has 0 unspecified atom stereocenters. The van der Waals surface area contributed by atoms with Crippen molar-refractivity contribution in [1.82, 2.24) is 0 Å². The first-order chi connectivity index (χ1) is 34.8. The molecule has 1 spiro atoms. The minimum Gasteiger partial charge on any atom is -0.458 e. The molecule has 420 valence electrons. The van der Waals surface area contributed by atoms with E-state index in [-0.39, 0.29) is 35.6 Å². The predicted molar refractivity (Wildman–Crippen MR) is 255 cm³/mol. The molecule has 0 radical (unpaired) electrons. The molecule has 0 aromatic rings. The largest absolute Gasteiger partial charge is 0.458 e. The van der Waals surface area contributed by atoms with Gasteiger partial charge in [0.15, 0.2) is 25.2 Å². The van der Waals surface area contributed by atoms with Crippen LogP contribution in [0.1, 0.15) is 106 Å². The molecule has 9 rings (SSSR count). The summed E-state index contributed by atoms with van der Waals surface area (Å²) in [6, 6.07) is 0. The lowest BCUT2D eigenvalue weighted by molar-refractivity contribution is -0.382. The molecule has 4 aliphatic carbocycles. The lowest BCUT2D eigenvalue weighted by Gasteiger charge is -2.63. The molecule has 0 aromatic heterocycles. The molecular weight excluding hydrogens is 973 g/mol. The number of carbonyl (C=O) groups is 2. The number of ketones is 1. The van der Waals surface area contributed by atoms with Crippen LogP contribution in [0.15, 0.2) is 23.8 Å². The van der Waals surface area contributed by atoms with Gasteiger partial charge in [-0.1, -0.05) is 44.9 Å². The predicted octanol–water partition coefficient (Wildman–Crippen LogP) is 0.430. The number of rotatable bonds is 14. The normalized spacial score (nSPS) is 52.0. The van der Waals surface area contributed by atoms with E-state index in [2.05, 4.69) is 40.3 Å². The van der Waals surface area contributed by atoms with Crippen LogP contribution in [0.5, 0.6) is 0 Å². The van der Waals surface area contributed by atoms with Gasteiger partial charge in [-0.25, -0.2) is 0 Å². The summed E-state index contributed by atoms with van der Waals surface area (Å²) in [5.41, 5.74) is -0.844. The highest BCUT2D eigenvalue weighted by Crippen LogP contribution is 2.75. The summed E-state index contributed by atoms with van der Waals surface area (Å²) in [6.45, 7) is 16.9. The number of cyclic esters (lactones) is 1. The Labute approximate surface area is 432 Å². The second kappa shape index (κ2) is 20.8. The van der Waals surface area contributed by atoms with Crippen LogP contribution in [-0.2, 0) is 57.0 Å². The van der Waals surface area contributed by atoms with Crippen LogP contribution in [0.3, 0.4) is 0 Å². The zero-order valence-corrected chi connectivity index (χ0v) is 43.9. The topological polar surface area (TPSA) is 309 Å². The molecule has 9 N–H and O–H groups in total. The molecule has 21 nitrogen and oxygen atoms in total. The van der Waals surface area contributed by atoms with Gasteiger partial charge in [0.2, 0.25) is 0 Å². The fourth-order valence-corrected chi connectivity index (χ4v) is 15.6. The molecule has 26 atom stereocenters. The van der Waals surface area contributed by atoms with E-state index < -0.39 is 158 Å². The maximum Gasteiger partial charge on any atom is 0.314 e. The number of methoxy groups -OCH3 is 1. The first kappa shape index (κ1) is 56.6. The number of esters is 1. The zero-order valence-electron chi connectivity index (χ0n) is 43.9. The third-order valence-corrected chi connectivity index (χ3v) is 19.5. The van der Waals surface area contributed by atoms with Gasteiger partial charge in [-0.3, -0.25) is 9.59 Å². The van der Waals surface area contributed by atoms with Crippen molar-refractivity contribution >= 4 is 11.8 Å². The molecule has 5 heterocycles. The first-order valence-electron chi connectivity index (χ1n) is 26.6. The highest BCUT2D eigenvalue weighted by Gasteiger charge is 2.79. The fourth-order valence-electron chi connectivity index (χ4n) is 15.6. The number of hydrogen-bond donors (Lipinski definition) is 9. The van der Waals surface area contributed by atoms with E-state index in [1.807, 2.05) is 13.8 Å². The lowest BCUT2D eigenvalue weighted by Crippen LogP contribution is -2.65. The van der Waals surface area contributed by atoms with E-state index in [0.717, 1.165) is 37.7 Å². The highest BCUT2D eigenvalue weighted by molar-refractivity contribution is 5.99. The Bertz CT molecular complexity index is 2110. The minimum absolute atomic E-state index is 0.00351. The van der Waals surface area contributed by atoms with Crippen LogP contribution in [0.2, 0.25) is 0 Å². The number of aliphatic hydroxyl groups is 9. The van der Waals surface area contributed by atoms with Crippen LogP contribution < -0.4 is 0 Å². The van der Waals surface area contributed by atoms with Gasteiger partial charge in [0.05, 0.1) is 43.4 Å². The van der Waals surface area contributed by atoms with Crippen molar-refractivity contribution in [3.8, 4) is 0 Å². The standard InChI is InChI=1S/C53H82O21/c1-23(2)11-10-16-52(8)43-27(55)19-51(7)26-12-13-31-49(4,5)32(15-17-50(31,6)25(26)14-18-53(43,51)48(64)74-52)70-47-42(33(58)28(56)21-67-47)73-45-36(61)35(60)39(24(3)68-45)71-44-37(62)40(29(57)22-66-44)72-46-38(63)41(65-9)34(59)30(20-54)69-46/h14,24,26,28-47,54,56-63H,1,10-13,15-22H2,2-9H3/t24-,26-,28-,29-,30-,31+,32+,33+,34-,35-,36-,37-,38-,39-,40+,41+,42-,43-,44+,45+,46+,47+,50-,51+,52+,53-/m1/s1. The Balaban J connectivity index is 0.859. The Morgan fingerprint density at radius 1 is 0.743 bits per heavy atom. The maximum atomic E-state index is 14.3. The van der Waals surface area contributed by atoms with E-state index >= 15 is 0 Å². The monoisotopic (exact) mass is 1050 g/mol. The fraction of sp³-hybridized carbons (Fsp3) is 0.887. The van der Waals surface area contributed by atoms with Crippen molar-refractivity contribution in [3.05, 3.63) is 23.8 Å². The van der Waals surface area contributed by atoms with Crippen molar-refractivity contribution in [2.24, 2.45) is 39.4 Å². The summed E-state index contributed by atoms with van der Waals surface area (Å²) < 4.78 is 59.5. The van der Waals surface area contributed by atoms with Gasteiger partial charge >= 0.3 is 5.97 Å². The molecule has 5 aliphatic heterocycles. The third-order valence-electron chi connectivity index (χ3n) is 19.5. The van der Waals surface area contributed by atoms with Crippen LogP contribution in [0, 0.1) is 39.4 Å². The van der Waals surface area contributed by atoms with E-state index in [9.17, 15) is 55.5 Å². The second-order valence-corrected chi connectivity index (χ2v) is 24.3. The summed E-state index contributed by atoms with van der Waals surface area (Å²) in [5.74, 6) is -0.546. The molecule has 8 fully saturated rings. The molecule has 9 aliphatic rings. The summed E-state index contributed by atoms with van der Waals surface area (Å²) in [5, 5.41) is 98.5. The zero-order chi connectivity index (χ0) is 53.8. The van der Waals surface area contributed by atoms with Gasteiger partial charge in [0.25, 0.3) is 0 Å². The summed E-state index contributed by atoms with van der Waals surface area (Å²) in [7, 11) is 1.23. The van der Waals surface area contributed by atoms with E-state index in [1.165, 1.54) is 19.6 Å². The maximum absolute atomic E-state index is 14.3. The third kappa shape index (κ3) is 9.11. The van der Waals surface area contributed by atoms with Gasteiger partial charge in [0.1, 0.15) is 90.7 Å². The van der Waals surface area contributed by atoms with E-state index in [1.54, 1.807) is 0 Å². The quantitative estimate of drug-likeness (QED) is 0.0647. The number of ether oxygens (including phenoxy) is 10. The highest BCUT2D eigenvalue weighted by atomic mass is 16.8. The van der Waals surface area contributed by atoms with Crippen molar-refractivity contribution in [3.63, 3.8) is 0 Å². The molecular formula is C53H82O21. The average Bonchev–Trinajstić information content (AvgIpc) is 3.73. The van der Waals surface area contributed by atoms with Crippen LogP contribution >= 0.6 is 0 Å². The van der Waals surface area contributed by atoms with Crippen molar-refractivity contribution < 1.29 is 103 Å². The molecule has 0 amide bonds. The molecule has 0 bridgehead atoms. The average molecular weight is 1060 g/mol. The summed E-state index contributed by atoms with van der Waals surface area (Å²) in [6.07, 6.45) is -19.1. The van der Waals surface area contributed by atoms with Crippen molar-refractivity contribution in [2.75, 3.05) is 26.9 Å². The number of fused-ring (bicyclic) bond motifs is 4. The molecule has 3 saturated carbocycles. The SMILES string of the molecule is C=C(C)CCC[C@]1(C)OC(=O)[C@]23CC=C4[C@@H](CC[C@H]5C(C)(C)[C@@H](O[C@@H]6OC[C@@H](O)[C@H](O)[C@H]6O[C@@H]6O[C@H](C)[C@@H](O[C@@H]7OC[C@@H](O)[C@H](O[C@@H]8O[C@H](CO)[C@@H](O)[C@H](OC)[C@H]8O)[C@H]7O)[C@H](O)[C@H]6O)CC[C@]45C)[C@]2(C)CC(=O)[C@@H]31. The molecule has 21 heteroatoms. The number of allylic oxidation sites excluding steroid dienone is 3. The van der Waals surface area contributed by atoms with Gasteiger partial charge in [0, 0.05) is 13.5 Å².